The third-order valence-corrected chi connectivity index (χ3v) is 8.39. The third kappa shape index (κ3) is 6.61. The normalized spacial score (nSPS) is 14.2. The molecule has 4 amide bonds. The minimum Gasteiger partial charge on any atom is -0.449 e. The summed E-state index contributed by atoms with van der Waals surface area (Å²) >= 11 is 1.13. The lowest BCUT2D eigenvalue weighted by Crippen LogP contribution is -2.31. The first-order valence-corrected chi connectivity index (χ1v) is 13.8. The molecule has 0 unspecified atom stereocenters. The predicted octanol–water partition coefficient (Wildman–Crippen LogP) is 4.22. The van der Waals surface area contributed by atoms with Crippen molar-refractivity contribution in [3.05, 3.63) is 40.8 Å². The number of benzene rings is 1. The van der Waals surface area contributed by atoms with Gasteiger partial charge in [-0.25, -0.2) is 22.7 Å². The molecule has 0 atom stereocenters. The first-order valence-electron chi connectivity index (χ1n) is 11.5. The molecule has 3 rings (SSSR count). The highest BCUT2D eigenvalue weighted by Crippen LogP contribution is 2.36. The Morgan fingerprint density at radius 3 is 2.46 bits per heavy atom. The highest BCUT2D eigenvalue weighted by atomic mass is 32.2. The van der Waals surface area contributed by atoms with Crippen molar-refractivity contribution in [2.45, 2.75) is 50.8 Å². The van der Waals surface area contributed by atoms with Crippen LogP contribution in [0.2, 0.25) is 0 Å². The number of sulfonamides is 1. The van der Waals surface area contributed by atoms with Crippen molar-refractivity contribution in [3.8, 4) is 11.1 Å². The maximum atomic E-state index is 13.1. The first-order chi connectivity index (χ1) is 16.5. The number of nitrogens with one attached hydrogen (secondary N) is 1. The second kappa shape index (κ2) is 11.2. The zero-order valence-electron chi connectivity index (χ0n) is 20.4. The van der Waals surface area contributed by atoms with Gasteiger partial charge in [-0.2, -0.15) is 0 Å². The number of amides is 4. The number of urea groups is 1. The Labute approximate surface area is 210 Å². The molecule has 0 spiro atoms. The lowest BCUT2D eigenvalue weighted by molar-refractivity contribution is -0.125. The largest absolute Gasteiger partial charge is 0.449 e. The number of ether oxygens (including phenoxy) is 1. The van der Waals surface area contributed by atoms with Gasteiger partial charge >= 0.3 is 12.1 Å². The molecule has 0 radical (unpaired) electrons. The number of likely N-dealkylation sites (N-methyl/N-ethyl adjacent to an activating group) is 1. The summed E-state index contributed by atoms with van der Waals surface area (Å²) in [6.07, 6.45) is 1.16. The van der Waals surface area contributed by atoms with Gasteiger partial charge in [0, 0.05) is 17.5 Å². The van der Waals surface area contributed by atoms with Gasteiger partial charge in [0.2, 0.25) is 0 Å². The monoisotopic (exact) mass is 521 g/mol. The van der Waals surface area contributed by atoms with Gasteiger partial charge in [0.25, 0.3) is 15.9 Å². The molecule has 1 N–H and O–H groups in total. The van der Waals surface area contributed by atoms with Crippen molar-refractivity contribution in [1.29, 1.82) is 0 Å². The minimum absolute atomic E-state index is 0.0415. The third-order valence-electron chi connectivity index (χ3n) is 5.39. The number of unbranched alkanes of at least 4 members (excludes halogenated alkanes) is 1. The first kappa shape index (κ1) is 26.7. The van der Waals surface area contributed by atoms with Crippen LogP contribution >= 0.6 is 11.3 Å². The highest BCUT2D eigenvalue weighted by molar-refractivity contribution is 7.92. The molecule has 2 heterocycles. The van der Waals surface area contributed by atoms with Crippen molar-refractivity contribution < 1.29 is 27.5 Å². The van der Waals surface area contributed by atoms with Crippen molar-refractivity contribution in [3.63, 3.8) is 0 Å². The van der Waals surface area contributed by atoms with Crippen LogP contribution in [-0.2, 0) is 32.5 Å². The summed E-state index contributed by atoms with van der Waals surface area (Å²) in [4.78, 5) is 39.7. The van der Waals surface area contributed by atoms with Crippen LogP contribution < -0.4 is 4.72 Å². The van der Waals surface area contributed by atoms with Crippen molar-refractivity contribution >= 4 is 39.4 Å². The van der Waals surface area contributed by atoms with Crippen LogP contribution in [0.1, 0.15) is 44.1 Å². The average molecular weight is 522 g/mol. The molecule has 1 aromatic carbocycles. The molecule has 0 bridgehead atoms. The van der Waals surface area contributed by atoms with E-state index in [4.69, 9.17) is 4.74 Å². The number of imide groups is 1. The van der Waals surface area contributed by atoms with Crippen LogP contribution in [0.4, 0.5) is 9.59 Å². The Bertz CT molecular complexity index is 1190. The molecule has 1 aliphatic heterocycles. The average Bonchev–Trinajstić information content (AvgIpc) is 3.30. The number of hydrogen-bond acceptors (Lipinski definition) is 7. The molecule has 1 fully saturated rings. The molecule has 9 nitrogen and oxygen atoms in total. The maximum Gasteiger partial charge on any atom is 0.421 e. The van der Waals surface area contributed by atoms with Crippen molar-refractivity contribution in [2.24, 2.45) is 5.92 Å². The number of nitrogens with zero attached hydrogens (tertiary/aromatic N) is 2. The second-order valence-electron chi connectivity index (χ2n) is 8.92. The smallest absolute Gasteiger partial charge is 0.421 e. The molecule has 0 saturated carbocycles. The van der Waals surface area contributed by atoms with Crippen LogP contribution in [0, 0.1) is 5.92 Å². The summed E-state index contributed by atoms with van der Waals surface area (Å²) in [7, 11) is -2.58. The molecule has 1 aliphatic rings. The fourth-order valence-electron chi connectivity index (χ4n) is 3.62. The summed E-state index contributed by atoms with van der Waals surface area (Å²) in [5.74, 6) is 0.0584. The van der Waals surface area contributed by atoms with Gasteiger partial charge < -0.3 is 9.64 Å². The molecule has 2 aromatic rings. The number of thiophene rings is 1. The van der Waals surface area contributed by atoms with Crippen LogP contribution in [0.25, 0.3) is 11.1 Å². The van der Waals surface area contributed by atoms with Crippen LogP contribution in [0.15, 0.2) is 34.5 Å². The summed E-state index contributed by atoms with van der Waals surface area (Å²) in [5.41, 5.74) is 1.88. The van der Waals surface area contributed by atoms with Crippen LogP contribution in [0.3, 0.4) is 0 Å². The molecule has 35 heavy (non-hydrogen) atoms. The standard InChI is InChI=1S/C24H31N3O6S2/c1-5-6-11-33-23(29)25-35(31,32)22-20(13-19(34-22)12-16(2)3)18-9-7-17(8-10-18)14-27-21(28)15-26(4)24(27)30/h7-10,13,16H,5-6,11-12,14-15H2,1-4H3,(H,25,29). The topological polar surface area (TPSA) is 113 Å². The molecular weight excluding hydrogens is 490 g/mol. The zero-order valence-corrected chi connectivity index (χ0v) is 22.0. The molecule has 190 valence electrons. The van der Waals surface area contributed by atoms with E-state index in [2.05, 4.69) is 0 Å². The fraction of sp³-hybridized carbons (Fsp3) is 0.458. The quantitative estimate of drug-likeness (QED) is 0.370. The molecule has 0 aliphatic carbocycles. The van der Waals surface area contributed by atoms with Gasteiger partial charge in [0.1, 0.15) is 10.8 Å². The second-order valence-corrected chi connectivity index (χ2v) is 11.9. The number of rotatable bonds is 10. The summed E-state index contributed by atoms with van der Waals surface area (Å²) in [6.45, 7) is 6.37. The van der Waals surface area contributed by atoms with Gasteiger partial charge in [0.15, 0.2) is 0 Å². The van der Waals surface area contributed by atoms with Crippen LogP contribution in [0.5, 0.6) is 0 Å². The zero-order chi connectivity index (χ0) is 25.8. The number of carbonyl (C=O) groups excluding carboxylic acids is 3. The Hall–Kier alpha value is -2.92. The minimum atomic E-state index is -4.15. The summed E-state index contributed by atoms with van der Waals surface area (Å²) in [5, 5.41) is 0. The van der Waals surface area contributed by atoms with E-state index in [0.717, 1.165) is 28.2 Å². The Morgan fingerprint density at radius 1 is 1.20 bits per heavy atom. The van der Waals surface area contributed by atoms with Crippen LogP contribution in [-0.4, -0.2) is 56.4 Å². The van der Waals surface area contributed by atoms with E-state index < -0.39 is 16.1 Å². The SMILES string of the molecule is CCCCOC(=O)NS(=O)(=O)c1sc(CC(C)C)cc1-c1ccc(CN2C(=O)CN(C)C2=O)cc1. The molecule has 1 aromatic heterocycles. The Kier molecular flexibility index (Phi) is 8.55. The van der Waals surface area contributed by atoms with E-state index in [9.17, 15) is 22.8 Å². The van der Waals surface area contributed by atoms with Crippen molar-refractivity contribution in [1.82, 2.24) is 14.5 Å². The van der Waals surface area contributed by atoms with Crippen molar-refractivity contribution in [2.75, 3.05) is 20.2 Å². The lowest BCUT2D eigenvalue weighted by atomic mass is 10.0. The summed E-state index contributed by atoms with van der Waals surface area (Å²) < 4.78 is 33.2. The van der Waals surface area contributed by atoms with E-state index >= 15 is 0 Å². The molecular formula is C24H31N3O6S2. The number of carbonyl (C=O) groups is 3. The van der Waals surface area contributed by atoms with E-state index in [1.165, 1.54) is 9.80 Å². The van der Waals surface area contributed by atoms with E-state index in [1.807, 2.05) is 31.6 Å². The van der Waals surface area contributed by atoms with E-state index in [1.54, 1.807) is 31.3 Å². The lowest BCUT2D eigenvalue weighted by Gasteiger charge is -2.14. The Morgan fingerprint density at radius 2 is 1.89 bits per heavy atom. The van der Waals surface area contributed by atoms with Gasteiger partial charge in [0.05, 0.1) is 13.2 Å². The molecule has 1 saturated heterocycles. The van der Waals surface area contributed by atoms with E-state index in [-0.39, 0.29) is 35.8 Å². The predicted molar refractivity (Wildman–Crippen MR) is 133 cm³/mol. The highest BCUT2D eigenvalue weighted by Gasteiger charge is 2.33. The van der Waals surface area contributed by atoms with Gasteiger partial charge in [-0.1, -0.05) is 51.5 Å². The van der Waals surface area contributed by atoms with Gasteiger partial charge in [-0.3, -0.25) is 9.69 Å². The number of hydrogen-bond donors (Lipinski definition) is 1. The van der Waals surface area contributed by atoms with Gasteiger partial charge in [-0.05, 0) is 36.0 Å². The summed E-state index contributed by atoms with van der Waals surface area (Å²) in [6, 6.07) is 8.51. The Balaban J connectivity index is 1.86. The maximum absolute atomic E-state index is 13.1. The fourth-order valence-corrected chi connectivity index (χ4v) is 6.46. The van der Waals surface area contributed by atoms with E-state index in [0.29, 0.717) is 29.9 Å². The van der Waals surface area contributed by atoms with Gasteiger partial charge in [-0.15, -0.1) is 11.3 Å². The molecule has 11 heteroatoms.